The van der Waals surface area contributed by atoms with Crippen molar-refractivity contribution in [3.05, 3.63) is 59.9 Å². The van der Waals surface area contributed by atoms with Crippen molar-refractivity contribution < 1.29 is 9.13 Å². The van der Waals surface area contributed by atoms with Crippen LogP contribution in [0.4, 0.5) is 10.1 Å². The Morgan fingerprint density at radius 1 is 1.15 bits per heavy atom. The maximum Gasteiger partial charge on any atom is 0.144 e. The van der Waals surface area contributed by atoms with Gasteiger partial charge in [0.15, 0.2) is 0 Å². The predicted molar refractivity (Wildman–Crippen MR) is 75.8 cm³/mol. The van der Waals surface area contributed by atoms with Crippen LogP contribution >= 0.6 is 0 Å². The number of anilines is 1. The van der Waals surface area contributed by atoms with E-state index in [1.165, 1.54) is 17.7 Å². The van der Waals surface area contributed by atoms with Gasteiger partial charge >= 0.3 is 0 Å². The number of ether oxygens (including phenoxy) is 1. The summed E-state index contributed by atoms with van der Waals surface area (Å²) in [5.41, 5.74) is 1.91. The van der Waals surface area contributed by atoms with Crippen molar-refractivity contribution in [2.45, 2.75) is 12.0 Å². The lowest BCUT2D eigenvalue weighted by molar-refractivity contribution is 0.263. The molecule has 2 heterocycles. The maximum absolute atomic E-state index is 13.4. The van der Waals surface area contributed by atoms with Crippen molar-refractivity contribution in [2.75, 3.05) is 11.6 Å². The van der Waals surface area contributed by atoms with E-state index in [1.54, 1.807) is 6.07 Å². The average molecular weight is 268 g/mol. The number of benzene rings is 2. The number of nitrogens with zero attached hydrogens (tertiary/aromatic N) is 2. The van der Waals surface area contributed by atoms with Crippen molar-refractivity contribution in [1.82, 2.24) is 0 Å². The van der Waals surface area contributed by atoms with Gasteiger partial charge in [-0.3, -0.25) is 5.01 Å². The van der Waals surface area contributed by atoms with Gasteiger partial charge in [0.25, 0.3) is 0 Å². The molecule has 0 amide bonds. The first kappa shape index (κ1) is 11.5. The minimum atomic E-state index is -0.272. The van der Waals surface area contributed by atoms with Gasteiger partial charge in [0.1, 0.15) is 23.9 Å². The average Bonchev–Trinajstić information content (AvgIpc) is 2.92. The Morgan fingerprint density at radius 3 is 2.85 bits per heavy atom. The zero-order valence-corrected chi connectivity index (χ0v) is 10.7. The van der Waals surface area contributed by atoms with E-state index >= 15 is 0 Å². The zero-order chi connectivity index (χ0) is 13.5. The summed E-state index contributed by atoms with van der Waals surface area (Å²) in [7, 11) is 0. The molecule has 3 nitrogen and oxygen atoms in total. The van der Waals surface area contributed by atoms with Crippen LogP contribution in [0.15, 0.2) is 53.6 Å². The van der Waals surface area contributed by atoms with Crippen molar-refractivity contribution in [3.63, 3.8) is 0 Å². The molecule has 0 fully saturated rings. The van der Waals surface area contributed by atoms with Crippen LogP contribution in [0, 0.1) is 5.82 Å². The molecule has 100 valence electrons. The van der Waals surface area contributed by atoms with Crippen LogP contribution in [-0.4, -0.2) is 18.9 Å². The molecular weight excluding hydrogens is 255 g/mol. The second kappa shape index (κ2) is 4.34. The molecule has 0 radical (unpaired) electrons. The molecule has 0 bridgehead atoms. The summed E-state index contributed by atoms with van der Waals surface area (Å²) in [6, 6.07) is 14.8. The van der Waals surface area contributed by atoms with E-state index in [4.69, 9.17) is 4.74 Å². The zero-order valence-electron chi connectivity index (χ0n) is 10.7. The summed E-state index contributed by atoms with van der Waals surface area (Å²) >= 11 is 0. The summed E-state index contributed by atoms with van der Waals surface area (Å²) < 4.78 is 19.2. The molecule has 0 aliphatic carbocycles. The highest BCUT2D eigenvalue weighted by atomic mass is 19.1. The summed E-state index contributed by atoms with van der Waals surface area (Å²) in [6.45, 7) is 0.554. The maximum atomic E-state index is 13.4. The van der Waals surface area contributed by atoms with Gasteiger partial charge in [-0.15, -0.1) is 0 Å². The fraction of sp³-hybridized carbons (Fsp3) is 0.188. The van der Waals surface area contributed by atoms with E-state index < -0.39 is 0 Å². The molecule has 2 aliphatic heterocycles. The highest BCUT2D eigenvalue weighted by molar-refractivity contribution is 5.77. The number of hydrogen-bond donors (Lipinski definition) is 0. The molecule has 0 N–H and O–H groups in total. The SMILES string of the molecule is Fc1ccc2c(c1)N1N=CC(c3ccccc3)C1CO2. The van der Waals surface area contributed by atoms with E-state index in [0.29, 0.717) is 18.0 Å². The molecule has 2 atom stereocenters. The molecule has 0 spiro atoms. The first-order valence-corrected chi connectivity index (χ1v) is 6.63. The third kappa shape index (κ3) is 1.68. The van der Waals surface area contributed by atoms with E-state index in [2.05, 4.69) is 17.2 Å². The third-order valence-electron chi connectivity index (χ3n) is 3.84. The summed E-state index contributed by atoms with van der Waals surface area (Å²) in [5, 5.41) is 6.33. The smallest absolute Gasteiger partial charge is 0.144 e. The summed E-state index contributed by atoms with van der Waals surface area (Å²) in [4.78, 5) is 0. The molecule has 0 saturated heterocycles. The van der Waals surface area contributed by atoms with E-state index in [-0.39, 0.29) is 17.8 Å². The van der Waals surface area contributed by atoms with Crippen molar-refractivity contribution in [2.24, 2.45) is 5.10 Å². The largest absolute Gasteiger partial charge is 0.489 e. The molecule has 0 aromatic heterocycles. The van der Waals surface area contributed by atoms with Crippen LogP contribution in [0.2, 0.25) is 0 Å². The van der Waals surface area contributed by atoms with Gasteiger partial charge < -0.3 is 4.74 Å². The van der Waals surface area contributed by atoms with Crippen molar-refractivity contribution in [3.8, 4) is 5.75 Å². The Balaban J connectivity index is 1.72. The molecular formula is C16H13FN2O. The highest BCUT2D eigenvalue weighted by Crippen LogP contribution is 2.40. The van der Waals surface area contributed by atoms with Gasteiger partial charge in [0, 0.05) is 18.2 Å². The molecule has 2 unspecified atom stereocenters. The normalized spacial score (nSPS) is 23.1. The van der Waals surface area contributed by atoms with E-state index in [1.807, 2.05) is 29.4 Å². The Labute approximate surface area is 116 Å². The lowest BCUT2D eigenvalue weighted by Gasteiger charge is -2.33. The summed E-state index contributed by atoms with van der Waals surface area (Å²) in [6.07, 6.45) is 1.92. The molecule has 20 heavy (non-hydrogen) atoms. The number of rotatable bonds is 1. The van der Waals surface area contributed by atoms with Gasteiger partial charge in [-0.25, -0.2) is 4.39 Å². The minimum absolute atomic E-state index is 0.0895. The Morgan fingerprint density at radius 2 is 2.00 bits per heavy atom. The van der Waals surface area contributed by atoms with Crippen molar-refractivity contribution >= 4 is 11.9 Å². The predicted octanol–water partition coefficient (Wildman–Crippen LogP) is 3.18. The second-order valence-corrected chi connectivity index (χ2v) is 5.04. The lowest BCUT2D eigenvalue weighted by atomic mass is 9.93. The van der Waals surface area contributed by atoms with Gasteiger partial charge in [-0.1, -0.05) is 30.3 Å². The number of hydrogen-bond acceptors (Lipinski definition) is 3. The van der Waals surface area contributed by atoms with Crippen molar-refractivity contribution in [1.29, 1.82) is 0 Å². The van der Waals surface area contributed by atoms with Crippen LogP contribution in [0.25, 0.3) is 0 Å². The van der Waals surface area contributed by atoms with Crippen LogP contribution in [-0.2, 0) is 0 Å². The lowest BCUT2D eigenvalue weighted by Crippen LogP contribution is -2.40. The Bertz CT molecular complexity index is 671. The van der Waals surface area contributed by atoms with Crippen LogP contribution in [0.1, 0.15) is 11.5 Å². The first-order chi connectivity index (χ1) is 9.83. The third-order valence-corrected chi connectivity index (χ3v) is 3.84. The van der Waals surface area contributed by atoms with Gasteiger partial charge in [0.2, 0.25) is 0 Å². The molecule has 4 heteroatoms. The van der Waals surface area contributed by atoms with Crippen LogP contribution < -0.4 is 9.75 Å². The fourth-order valence-electron chi connectivity index (χ4n) is 2.85. The number of fused-ring (bicyclic) bond motifs is 3. The quantitative estimate of drug-likeness (QED) is 0.793. The topological polar surface area (TPSA) is 24.8 Å². The number of hydrazone groups is 1. The van der Waals surface area contributed by atoms with E-state index in [0.717, 1.165) is 0 Å². The molecule has 4 rings (SSSR count). The minimum Gasteiger partial charge on any atom is -0.489 e. The summed E-state index contributed by atoms with van der Waals surface area (Å²) in [5.74, 6) is 0.590. The molecule has 2 aliphatic rings. The standard InChI is InChI=1S/C16H13FN2O/c17-12-6-7-16-14(8-12)19-15(10-20-16)13(9-18-19)11-4-2-1-3-5-11/h1-9,13,15H,10H2. The number of halogens is 1. The highest BCUT2D eigenvalue weighted by Gasteiger charge is 2.38. The van der Waals surface area contributed by atoms with Gasteiger partial charge in [-0.05, 0) is 17.7 Å². The Kier molecular flexibility index (Phi) is 2.49. The van der Waals surface area contributed by atoms with Gasteiger partial charge in [0.05, 0.1) is 6.04 Å². The molecule has 2 aromatic carbocycles. The van der Waals surface area contributed by atoms with Gasteiger partial charge in [-0.2, -0.15) is 5.10 Å². The first-order valence-electron chi connectivity index (χ1n) is 6.63. The van der Waals surface area contributed by atoms with Crippen LogP contribution in [0.3, 0.4) is 0 Å². The monoisotopic (exact) mass is 268 g/mol. The molecule has 2 aromatic rings. The van der Waals surface area contributed by atoms with Crippen LogP contribution in [0.5, 0.6) is 5.75 Å². The molecule has 0 saturated carbocycles. The Hall–Kier alpha value is -2.36. The fourth-order valence-corrected chi connectivity index (χ4v) is 2.85. The van der Waals surface area contributed by atoms with E-state index in [9.17, 15) is 4.39 Å². The second-order valence-electron chi connectivity index (χ2n) is 5.04.